The highest BCUT2D eigenvalue weighted by molar-refractivity contribution is 6.09. The molecular weight excluding hydrogens is 693 g/mol. The van der Waals surface area contributed by atoms with E-state index in [1.54, 1.807) is 46.0 Å². The minimum Gasteiger partial charge on any atom is -0.321 e. The van der Waals surface area contributed by atoms with Gasteiger partial charge in [0.1, 0.15) is 12.5 Å². The average molecular weight is 757 g/mol. The molecule has 0 unspecified atom stereocenters. The van der Waals surface area contributed by atoms with Gasteiger partial charge in [0.25, 0.3) is 0 Å². The first-order valence-electron chi connectivity index (χ1n) is 28.2. The number of hydrogen-bond acceptors (Lipinski definition) is 3. The molecule has 0 fully saturated rings. The van der Waals surface area contributed by atoms with Crippen LogP contribution in [-0.4, -0.2) is 16.2 Å². The van der Waals surface area contributed by atoms with Gasteiger partial charge in [-0.1, -0.05) is 154 Å². The third-order valence-electron chi connectivity index (χ3n) is 10.1. The second-order valence-corrected chi connectivity index (χ2v) is 14.6. The van der Waals surface area contributed by atoms with Crippen molar-refractivity contribution in [2.24, 2.45) is 0 Å². The molecule has 0 saturated carbocycles. The van der Waals surface area contributed by atoms with E-state index in [1.165, 1.54) is 23.1 Å². The Balaban J connectivity index is 1.19. The Morgan fingerprint density at radius 3 is 1.93 bits per heavy atom. The van der Waals surface area contributed by atoms with Gasteiger partial charge < -0.3 is 9.80 Å². The summed E-state index contributed by atoms with van der Waals surface area (Å²) in [6.07, 6.45) is 1.60. The standard InChI is InChI=1S/C53H44N4/c1-53(2,3)41-30-31-54-51(35-41)57-47-25-11-10-22-45(47)46-29-28-38(34-50(46)57)32-37-16-14-21-42(33-37)55-36-56(49-27-13-12-26-48(49)55)52-43(39-17-6-4-7-18-39)23-15-24-44(52)40-19-8-5-9-20-40/h4-31,33-35H,32,36H2,1-3H3/i4D,5D,6D,7D,8D,9D,10D,11D,12D,13D,17D,18D,19D,20D,22D,25D,26D,27D,28D,29D. The lowest BCUT2D eigenvalue weighted by molar-refractivity contribution is 0.588. The van der Waals surface area contributed by atoms with E-state index in [9.17, 15) is 5.48 Å². The molecule has 57 heavy (non-hydrogen) atoms. The van der Waals surface area contributed by atoms with Crippen LogP contribution in [0.3, 0.4) is 0 Å². The molecule has 0 radical (unpaired) electrons. The number of hydrogen-bond donors (Lipinski definition) is 0. The Bertz CT molecular complexity index is 3930. The number of para-hydroxylation sites is 4. The lowest BCUT2D eigenvalue weighted by Gasteiger charge is -2.27. The van der Waals surface area contributed by atoms with Crippen LogP contribution >= 0.6 is 0 Å². The van der Waals surface area contributed by atoms with E-state index in [0.717, 1.165) is 5.56 Å². The Morgan fingerprint density at radius 2 is 1.21 bits per heavy atom. The number of anilines is 4. The maximum absolute atomic E-state index is 9.44. The van der Waals surface area contributed by atoms with Crippen molar-refractivity contribution in [3.8, 4) is 28.1 Å². The summed E-state index contributed by atoms with van der Waals surface area (Å²) < 4.78 is 179. The summed E-state index contributed by atoms with van der Waals surface area (Å²) in [7, 11) is 0. The van der Waals surface area contributed by atoms with Crippen molar-refractivity contribution in [2.45, 2.75) is 32.6 Å². The molecule has 10 rings (SSSR count). The van der Waals surface area contributed by atoms with Gasteiger partial charge in [0.05, 0.1) is 55.5 Å². The summed E-state index contributed by atoms with van der Waals surface area (Å²) in [5.41, 5.74) is 1.07. The van der Waals surface area contributed by atoms with Crippen LogP contribution < -0.4 is 9.80 Å². The fourth-order valence-electron chi connectivity index (χ4n) is 7.39. The number of benzene rings is 7. The molecule has 4 nitrogen and oxygen atoms in total. The van der Waals surface area contributed by atoms with E-state index in [0.29, 0.717) is 28.1 Å². The van der Waals surface area contributed by atoms with Crippen LogP contribution in [0.5, 0.6) is 0 Å². The number of fused-ring (bicyclic) bond motifs is 4. The second kappa shape index (κ2) is 14.0. The highest BCUT2D eigenvalue weighted by Crippen LogP contribution is 2.50. The second-order valence-electron chi connectivity index (χ2n) is 14.6. The van der Waals surface area contributed by atoms with E-state index in [-0.39, 0.29) is 98.3 Å². The van der Waals surface area contributed by atoms with Crippen LogP contribution in [0.2, 0.25) is 0 Å². The third-order valence-corrected chi connectivity index (χ3v) is 10.1. The first-order chi connectivity index (χ1) is 36.2. The van der Waals surface area contributed by atoms with Crippen molar-refractivity contribution in [1.82, 2.24) is 9.55 Å². The van der Waals surface area contributed by atoms with Gasteiger partial charge in [0.2, 0.25) is 0 Å². The number of aromatic nitrogens is 2. The zero-order valence-electron chi connectivity index (χ0n) is 51.1. The molecule has 4 heteroatoms. The molecule has 3 heterocycles. The molecule has 276 valence electrons. The molecule has 0 aliphatic carbocycles. The molecule has 0 amide bonds. The van der Waals surface area contributed by atoms with Crippen molar-refractivity contribution < 1.29 is 27.4 Å². The summed E-state index contributed by atoms with van der Waals surface area (Å²) in [6.45, 7) is 5.69. The van der Waals surface area contributed by atoms with Gasteiger partial charge in [0.15, 0.2) is 0 Å². The van der Waals surface area contributed by atoms with Gasteiger partial charge in [-0.25, -0.2) is 4.98 Å². The normalized spacial score (nSPS) is 17.7. The van der Waals surface area contributed by atoms with Crippen LogP contribution in [0.4, 0.5) is 22.7 Å². The van der Waals surface area contributed by atoms with Gasteiger partial charge >= 0.3 is 0 Å². The minimum atomic E-state index is -0.686. The highest BCUT2D eigenvalue weighted by atomic mass is 15.4. The molecule has 9 aromatic rings. The van der Waals surface area contributed by atoms with E-state index in [4.69, 9.17) is 21.9 Å². The predicted molar refractivity (Wildman–Crippen MR) is 239 cm³/mol. The van der Waals surface area contributed by atoms with Gasteiger partial charge in [-0.2, -0.15) is 0 Å². The van der Waals surface area contributed by atoms with E-state index >= 15 is 0 Å². The molecule has 0 spiro atoms. The summed E-state index contributed by atoms with van der Waals surface area (Å²) in [5.74, 6) is 0.331. The highest BCUT2D eigenvalue weighted by Gasteiger charge is 2.31. The van der Waals surface area contributed by atoms with E-state index in [2.05, 4.69) is 4.98 Å². The fraction of sp³-hybridized carbons (Fsp3) is 0.113. The maximum atomic E-state index is 9.44. The van der Waals surface area contributed by atoms with Crippen molar-refractivity contribution in [2.75, 3.05) is 16.5 Å². The smallest absolute Gasteiger partial charge is 0.137 e. The average Bonchev–Trinajstić information content (AvgIpc) is 4.03. The van der Waals surface area contributed by atoms with Crippen LogP contribution in [0.1, 0.15) is 64.9 Å². The quantitative estimate of drug-likeness (QED) is 0.162. The fourth-order valence-corrected chi connectivity index (χ4v) is 7.39. The largest absolute Gasteiger partial charge is 0.321 e. The van der Waals surface area contributed by atoms with Crippen LogP contribution in [0, 0.1) is 0 Å². The lowest BCUT2D eigenvalue weighted by Crippen LogP contribution is -2.25. The summed E-state index contributed by atoms with van der Waals surface area (Å²) in [4.78, 5) is 7.63. The minimum absolute atomic E-state index is 0.00453. The maximum Gasteiger partial charge on any atom is 0.137 e. The van der Waals surface area contributed by atoms with Crippen LogP contribution in [-0.2, 0) is 11.8 Å². The lowest BCUT2D eigenvalue weighted by atomic mass is 9.88. The molecule has 1 aliphatic heterocycles. The molecule has 7 aromatic carbocycles. The zero-order valence-corrected chi connectivity index (χ0v) is 31.1. The van der Waals surface area contributed by atoms with Crippen molar-refractivity contribution >= 4 is 44.6 Å². The summed E-state index contributed by atoms with van der Waals surface area (Å²) in [5, 5.41) is 0.193. The van der Waals surface area contributed by atoms with Gasteiger partial charge in [-0.15, -0.1) is 0 Å². The first-order valence-corrected chi connectivity index (χ1v) is 18.2. The monoisotopic (exact) mass is 756 g/mol. The Morgan fingerprint density at radius 1 is 0.579 bits per heavy atom. The van der Waals surface area contributed by atoms with Gasteiger partial charge in [-0.3, -0.25) is 4.57 Å². The summed E-state index contributed by atoms with van der Waals surface area (Å²) in [6, 6.07) is 5.33. The molecule has 0 atom stereocenters. The molecule has 0 N–H and O–H groups in total. The predicted octanol–water partition coefficient (Wildman–Crippen LogP) is 13.6. The molecular formula is C53H44N4. The van der Waals surface area contributed by atoms with Crippen molar-refractivity contribution in [1.29, 1.82) is 0 Å². The molecule has 0 saturated heterocycles. The Kier molecular flexibility index (Phi) is 4.74. The van der Waals surface area contributed by atoms with E-state index in [1.807, 2.05) is 32.9 Å². The molecule has 0 bridgehead atoms. The van der Waals surface area contributed by atoms with Crippen LogP contribution in [0.15, 0.2) is 188 Å². The number of nitrogens with zero attached hydrogens (tertiary/aromatic N) is 4. The van der Waals surface area contributed by atoms with Crippen molar-refractivity contribution in [3.63, 3.8) is 0 Å². The number of pyridine rings is 1. The van der Waals surface area contributed by atoms with Gasteiger partial charge in [-0.05, 0) is 88.1 Å². The number of rotatable bonds is 7. The Labute approximate surface area is 363 Å². The topological polar surface area (TPSA) is 24.3 Å². The molecule has 1 aliphatic rings. The zero-order chi connectivity index (χ0) is 55.9. The van der Waals surface area contributed by atoms with E-state index < -0.39 is 96.7 Å². The Hall–Kier alpha value is -6.91. The molecule has 2 aromatic heterocycles. The summed E-state index contributed by atoms with van der Waals surface area (Å²) >= 11 is 0. The first kappa shape index (κ1) is 19.3. The third kappa shape index (κ3) is 6.24. The van der Waals surface area contributed by atoms with Crippen LogP contribution in [0.25, 0.3) is 49.9 Å². The van der Waals surface area contributed by atoms with Gasteiger partial charge in [0, 0.05) is 33.8 Å². The SMILES string of the molecule is [2H]c1c([2H])c([2H])c(-c2cccc(-c3c([2H])c([2H])c([2H])c([2H])c3[2H])c2N2CN(c3cccc(Cc4cc5c(c([2H])c4[2H])c4c([2H])c([2H])c([2H])c([2H])c4n5-c4cc(C(C)(C)C)ccn4)c3)c3c([2H])c([2H])c([2H])c([2H])c32)c([2H])c1[2H]. The van der Waals surface area contributed by atoms with Crippen molar-refractivity contribution in [3.05, 3.63) is 204 Å².